The molecule has 5 aromatic heterocycles. The van der Waals surface area contributed by atoms with Gasteiger partial charge in [-0.05, 0) is 42.5 Å². The molecule has 0 unspecified atom stereocenters. The molecule has 0 N–H and O–H groups in total. The third kappa shape index (κ3) is 2.80. The van der Waals surface area contributed by atoms with Crippen LogP contribution in [0.25, 0.3) is 93.1 Å². The first-order valence-corrected chi connectivity index (χ1v) is 15.4. The Balaban J connectivity index is 1.42. The van der Waals surface area contributed by atoms with Crippen molar-refractivity contribution < 1.29 is 0 Å². The molecular weight excluding hydrogens is 548 g/mol. The number of fused-ring (bicyclic) bond motifs is 13. The highest BCUT2D eigenvalue weighted by Gasteiger charge is 2.25. The molecule has 5 heterocycles. The number of rotatable bonds is 2. The van der Waals surface area contributed by atoms with Gasteiger partial charge in [0.1, 0.15) is 0 Å². The first-order valence-electron chi connectivity index (χ1n) is 15.4. The fourth-order valence-electron chi connectivity index (χ4n) is 8.13. The summed E-state index contributed by atoms with van der Waals surface area (Å²) in [6.45, 7) is 0. The highest BCUT2D eigenvalue weighted by atomic mass is 15.0. The van der Waals surface area contributed by atoms with E-state index in [2.05, 4.69) is 153 Å². The van der Waals surface area contributed by atoms with Gasteiger partial charge in [-0.15, -0.1) is 0 Å². The van der Waals surface area contributed by atoms with Crippen LogP contribution in [0.15, 0.2) is 146 Å². The molecule has 0 saturated heterocycles. The summed E-state index contributed by atoms with van der Waals surface area (Å²) in [4.78, 5) is 4.93. The number of benzene rings is 6. The second-order valence-corrected chi connectivity index (χ2v) is 12.0. The maximum Gasteiger partial charge on any atom is 0.0746 e. The van der Waals surface area contributed by atoms with E-state index in [9.17, 15) is 0 Å². The van der Waals surface area contributed by atoms with Crippen LogP contribution in [-0.2, 0) is 0 Å². The molecule has 11 rings (SSSR count). The Bertz CT molecular complexity index is 2970. The van der Waals surface area contributed by atoms with Gasteiger partial charge in [-0.2, -0.15) is 0 Å². The van der Waals surface area contributed by atoms with Gasteiger partial charge in [-0.1, -0.05) is 91.0 Å². The molecule has 0 saturated carbocycles. The highest BCUT2D eigenvalue weighted by Crippen LogP contribution is 2.47. The summed E-state index contributed by atoms with van der Waals surface area (Å²) in [6.07, 6.45) is 4.08. The summed E-state index contributed by atoms with van der Waals surface area (Å²) in [5, 5.41) is 10.1. The van der Waals surface area contributed by atoms with Gasteiger partial charge >= 0.3 is 0 Å². The van der Waals surface area contributed by atoms with E-state index in [1.807, 2.05) is 6.20 Å². The molecule has 0 amide bonds. The van der Waals surface area contributed by atoms with Crippen molar-refractivity contribution in [3.05, 3.63) is 146 Å². The molecule has 0 aliphatic rings. The molecule has 0 atom stereocenters. The van der Waals surface area contributed by atoms with Gasteiger partial charge in [0.15, 0.2) is 0 Å². The number of pyridine rings is 1. The molecule has 208 valence electrons. The quantitative estimate of drug-likeness (QED) is 0.202. The third-order valence-electron chi connectivity index (χ3n) is 9.82. The molecule has 4 heteroatoms. The van der Waals surface area contributed by atoms with Crippen LogP contribution in [0.1, 0.15) is 0 Å². The Labute approximate surface area is 256 Å². The highest BCUT2D eigenvalue weighted by molar-refractivity contribution is 6.34. The number of nitrogens with zero attached hydrogens (tertiary/aromatic N) is 4. The van der Waals surface area contributed by atoms with Crippen molar-refractivity contribution in [1.29, 1.82) is 0 Å². The lowest BCUT2D eigenvalue weighted by atomic mass is 10.0. The topological polar surface area (TPSA) is 27.2 Å². The minimum Gasteiger partial charge on any atom is -0.308 e. The van der Waals surface area contributed by atoms with Crippen LogP contribution in [0.2, 0.25) is 0 Å². The van der Waals surface area contributed by atoms with E-state index in [-0.39, 0.29) is 0 Å². The zero-order valence-corrected chi connectivity index (χ0v) is 24.1. The Morgan fingerprint density at radius 1 is 0.378 bits per heavy atom. The third-order valence-corrected chi connectivity index (χ3v) is 9.82. The first-order chi connectivity index (χ1) is 22.4. The van der Waals surface area contributed by atoms with E-state index in [1.54, 1.807) is 0 Å². The normalized spacial score (nSPS) is 12.4. The van der Waals surface area contributed by atoms with Crippen LogP contribution in [0.4, 0.5) is 0 Å². The fourth-order valence-corrected chi connectivity index (χ4v) is 8.13. The molecule has 0 spiro atoms. The zero-order chi connectivity index (χ0) is 29.2. The first kappa shape index (κ1) is 23.3. The van der Waals surface area contributed by atoms with E-state index in [1.165, 1.54) is 76.2 Å². The minimum absolute atomic E-state index is 1.09. The van der Waals surface area contributed by atoms with E-state index < -0.39 is 0 Å². The summed E-state index contributed by atoms with van der Waals surface area (Å²) < 4.78 is 7.30. The van der Waals surface area contributed by atoms with Crippen LogP contribution < -0.4 is 0 Å². The molecule has 4 nitrogen and oxygen atoms in total. The van der Waals surface area contributed by atoms with Gasteiger partial charge < -0.3 is 13.5 Å². The standard InChI is InChI=1S/C41H24N4/c1-2-12-25(13-3-1)43-34-20-10-6-16-28(34)38-36(43)23-42-24-37(38)45-33-19-9-5-15-27(33)31-22-30-26-14-4-8-18-32(26)44-35-21-11-7-17-29(35)39(40(30)44)41(31)45/h1-24H. The predicted octanol–water partition coefficient (Wildman–Crippen LogP) is 10.4. The van der Waals surface area contributed by atoms with E-state index in [0.717, 1.165) is 16.9 Å². The van der Waals surface area contributed by atoms with Gasteiger partial charge in [0.25, 0.3) is 0 Å². The summed E-state index contributed by atoms with van der Waals surface area (Å²) in [7, 11) is 0. The lowest BCUT2D eigenvalue weighted by Gasteiger charge is -2.12. The maximum absolute atomic E-state index is 4.93. The number of hydrogen-bond acceptors (Lipinski definition) is 1. The second kappa shape index (κ2) is 8.28. The summed E-state index contributed by atoms with van der Waals surface area (Å²) in [6, 6.07) is 48.3. The monoisotopic (exact) mass is 572 g/mol. The van der Waals surface area contributed by atoms with Crippen molar-refractivity contribution in [2.24, 2.45) is 0 Å². The zero-order valence-electron chi connectivity index (χ0n) is 24.1. The average molecular weight is 573 g/mol. The van der Waals surface area contributed by atoms with E-state index >= 15 is 0 Å². The van der Waals surface area contributed by atoms with Crippen LogP contribution >= 0.6 is 0 Å². The van der Waals surface area contributed by atoms with E-state index in [4.69, 9.17) is 4.98 Å². The Morgan fingerprint density at radius 3 is 1.64 bits per heavy atom. The van der Waals surface area contributed by atoms with Crippen LogP contribution in [0.5, 0.6) is 0 Å². The van der Waals surface area contributed by atoms with Gasteiger partial charge in [0.05, 0.1) is 56.7 Å². The lowest BCUT2D eigenvalue weighted by molar-refractivity contribution is 1.14. The van der Waals surface area contributed by atoms with Crippen LogP contribution in [0.3, 0.4) is 0 Å². The number of aromatic nitrogens is 4. The summed E-state index contributed by atoms with van der Waals surface area (Å²) >= 11 is 0. The smallest absolute Gasteiger partial charge is 0.0746 e. The number of para-hydroxylation sites is 5. The van der Waals surface area contributed by atoms with Crippen molar-refractivity contribution in [3.63, 3.8) is 0 Å². The summed E-state index contributed by atoms with van der Waals surface area (Å²) in [5.41, 5.74) is 10.7. The van der Waals surface area contributed by atoms with Crippen molar-refractivity contribution in [1.82, 2.24) is 18.5 Å². The molecule has 45 heavy (non-hydrogen) atoms. The van der Waals surface area contributed by atoms with Crippen molar-refractivity contribution in [2.45, 2.75) is 0 Å². The predicted molar refractivity (Wildman–Crippen MR) is 188 cm³/mol. The second-order valence-electron chi connectivity index (χ2n) is 12.0. The molecule has 0 fully saturated rings. The summed E-state index contributed by atoms with van der Waals surface area (Å²) in [5.74, 6) is 0. The molecule has 0 aliphatic carbocycles. The van der Waals surface area contributed by atoms with Crippen molar-refractivity contribution in [2.75, 3.05) is 0 Å². The van der Waals surface area contributed by atoms with Crippen molar-refractivity contribution >= 4 is 81.7 Å². The van der Waals surface area contributed by atoms with Crippen LogP contribution in [0, 0.1) is 0 Å². The van der Waals surface area contributed by atoms with Gasteiger partial charge in [0.2, 0.25) is 0 Å². The van der Waals surface area contributed by atoms with Gasteiger partial charge in [0, 0.05) is 48.8 Å². The van der Waals surface area contributed by atoms with E-state index in [0.29, 0.717) is 0 Å². The SMILES string of the molecule is c1ccc(-n2c3ccccc3c3c(-n4c5ccccc5c5cc6c7ccccc7n7c8ccccc8c(c54)c67)cncc32)cc1. The molecular formula is C41H24N4. The Hall–Kier alpha value is -6.13. The molecule has 6 aromatic carbocycles. The maximum atomic E-state index is 4.93. The Kier molecular flexibility index (Phi) is 4.29. The average Bonchev–Trinajstić information content (AvgIpc) is 3.82. The molecule has 0 radical (unpaired) electrons. The fraction of sp³-hybridized carbons (Fsp3) is 0. The molecule has 0 aliphatic heterocycles. The van der Waals surface area contributed by atoms with Gasteiger partial charge in [-0.3, -0.25) is 4.98 Å². The minimum atomic E-state index is 1.09. The largest absolute Gasteiger partial charge is 0.308 e. The van der Waals surface area contributed by atoms with Crippen LogP contribution in [-0.4, -0.2) is 18.5 Å². The van der Waals surface area contributed by atoms with Gasteiger partial charge in [-0.25, -0.2) is 0 Å². The van der Waals surface area contributed by atoms with Crippen molar-refractivity contribution in [3.8, 4) is 11.4 Å². The molecule has 11 aromatic rings. The lowest BCUT2D eigenvalue weighted by Crippen LogP contribution is -1.98. The molecule has 0 bridgehead atoms. The number of hydrogen-bond donors (Lipinski definition) is 0. The Morgan fingerprint density at radius 2 is 0.911 bits per heavy atom.